The predicted molar refractivity (Wildman–Crippen MR) is 71.3 cm³/mol. The topological polar surface area (TPSA) is 78.9 Å². The van der Waals surface area contributed by atoms with Gasteiger partial charge in [-0.05, 0) is 6.42 Å². The number of carbonyl (C=O) groups is 2. The van der Waals surface area contributed by atoms with E-state index in [-0.39, 0.29) is 12.6 Å². The number of nitrogens with zero attached hydrogens (tertiary/aromatic N) is 1. The summed E-state index contributed by atoms with van der Waals surface area (Å²) in [4.78, 5) is 23.8. The summed E-state index contributed by atoms with van der Waals surface area (Å²) in [5, 5.41) is 11.4. The molecule has 1 heterocycles. The summed E-state index contributed by atoms with van der Waals surface area (Å²) >= 11 is 0. The molecule has 0 saturated carbocycles. The number of amides is 2. The quantitative estimate of drug-likeness (QED) is 0.779. The fourth-order valence-corrected chi connectivity index (χ4v) is 2.49. The van der Waals surface area contributed by atoms with Crippen LogP contribution in [0.4, 0.5) is 18.0 Å². The van der Waals surface area contributed by atoms with Gasteiger partial charge in [-0.3, -0.25) is 4.79 Å². The second kappa shape index (κ2) is 7.66. The monoisotopic (exact) mass is 326 g/mol. The van der Waals surface area contributed by atoms with Crippen molar-refractivity contribution in [1.29, 1.82) is 0 Å². The number of carbonyl (C=O) groups excluding carboxylic acids is 1. The van der Waals surface area contributed by atoms with Gasteiger partial charge in [0.1, 0.15) is 0 Å². The average Bonchev–Trinajstić information content (AvgIpc) is 2.88. The van der Waals surface area contributed by atoms with Crippen molar-refractivity contribution in [2.45, 2.75) is 32.0 Å². The maximum atomic E-state index is 12.8. The Labute approximate surface area is 126 Å². The maximum Gasteiger partial charge on any atom is 0.394 e. The van der Waals surface area contributed by atoms with Gasteiger partial charge >= 0.3 is 18.2 Å². The minimum absolute atomic E-state index is 0.175. The molecule has 9 heteroatoms. The summed E-state index contributed by atoms with van der Waals surface area (Å²) in [6, 6.07) is -0.698. The summed E-state index contributed by atoms with van der Waals surface area (Å²) in [6.45, 7) is 1.03. The van der Waals surface area contributed by atoms with Gasteiger partial charge in [-0.2, -0.15) is 13.2 Å². The number of rotatable bonds is 6. The van der Waals surface area contributed by atoms with Crippen LogP contribution in [0.25, 0.3) is 0 Å². The number of ether oxygens (including phenoxy) is 1. The molecule has 0 radical (unpaired) electrons. The van der Waals surface area contributed by atoms with E-state index in [0.717, 1.165) is 11.3 Å². The second-order valence-corrected chi connectivity index (χ2v) is 5.33. The molecule has 3 atom stereocenters. The smallest absolute Gasteiger partial charge is 0.394 e. The van der Waals surface area contributed by atoms with E-state index in [1.165, 1.54) is 7.11 Å². The maximum absolute atomic E-state index is 12.8. The molecule has 0 aromatic heterocycles. The Bertz CT molecular complexity index is 403. The Balaban J connectivity index is 2.62. The van der Waals surface area contributed by atoms with Crippen molar-refractivity contribution in [1.82, 2.24) is 10.2 Å². The number of methoxy groups -OCH3 is 1. The molecule has 0 aliphatic carbocycles. The van der Waals surface area contributed by atoms with E-state index in [0.29, 0.717) is 6.42 Å². The van der Waals surface area contributed by atoms with Crippen LogP contribution in [0.15, 0.2) is 0 Å². The molecule has 1 rings (SSSR count). The van der Waals surface area contributed by atoms with Gasteiger partial charge in [0, 0.05) is 26.7 Å². The summed E-state index contributed by atoms with van der Waals surface area (Å²) in [5.74, 6) is -5.21. The summed E-state index contributed by atoms with van der Waals surface area (Å²) in [6.07, 6.45) is -3.31. The fraction of sp³-hybridized carbons (Fsp3) is 0.846. The van der Waals surface area contributed by atoms with Crippen LogP contribution >= 0.6 is 0 Å². The summed E-state index contributed by atoms with van der Waals surface area (Å²) in [5.41, 5.74) is 0. The van der Waals surface area contributed by atoms with E-state index in [9.17, 15) is 22.8 Å². The molecular weight excluding hydrogens is 305 g/mol. The van der Waals surface area contributed by atoms with Gasteiger partial charge < -0.3 is 20.1 Å². The van der Waals surface area contributed by atoms with Crippen LogP contribution in [0.1, 0.15) is 19.8 Å². The number of carboxylic acid groups (broad SMARTS) is 1. The first-order chi connectivity index (χ1) is 10.2. The molecule has 6 nitrogen and oxygen atoms in total. The van der Waals surface area contributed by atoms with E-state index in [2.05, 4.69) is 5.32 Å². The van der Waals surface area contributed by atoms with Gasteiger partial charge in [-0.15, -0.1) is 0 Å². The molecule has 2 amide bonds. The molecule has 128 valence electrons. The van der Waals surface area contributed by atoms with Crippen LogP contribution in [-0.2, 0) is 9.53 Å². The number of alkyl halides is 3. The number of carboxylic acids is 1. The number of hydrogen-bond donors (Lipinski definition) is 2. The lowest BCUT2D eigenvalue weighted by atomic mass is 9.96. The van der Waals surface area contributed by atoms with Crippen LogP contribution in [-0.4, -0.2) is 61.0 Å². The van der Waals surface area contributed by atoms with Gasteiger partial charge in [0.15, 0.2) is 0 Å². The Morgan fingerprint density at radius 1 is 1.41 bits per heavy atom. The second-order valence-electron chi connectivity index (χ2n) is 5.33. The molecule has 0 spiro atoms. The Morgan fingerprint density at radius 3 is 2.45 bits per heavy atom. The highest BCUT2D eigenvalue weighted by atomic mass is 19.4. The van der Waals surface area contributed by atoms with Crippen LogP contribution < -0.4 is 5.32 Å². The Morgan fingerprint density at radius 2 is 2.05 bits per heavy atom. The van der Waals surface area contributed by atoms with Gasteiger partial charge in [0.05, 0.1) is 17.9 Å². The van der Waals surface area contributed by atoms with Crippen molar-refractivity contribution in [3.63, 3.8) is 0 Å². The van der Waals surface area contributed by atoms with E-state index in [1.807, 2.05) is 6.92 Å². The zero-order valence-corrected chi connectivity index (χ0v) is 12.5. The number of hydrogen-bond acceptors (Lipinski definition) is 3. The van der Waals surface area contributed by atoms with E-state index in [4.69, 9.17) is 9.84 Å². The van der Waals surface area contributed by atoms with Crippen LogP contribution in [0.5, 0.6) is 0 Å². The van der Waals surface area contributed by atoms with Crippen LogP contribution in [0.3, 0.4) is 0 Å². The first-order valence-corrected chi connectivity index (χ1v) is 7.05. The molecule has 2 N–H and O–H groups in total. The normalized spacial score (nSPS) is 23.4. The highest BCUT2D eigenvalue weighted by Gasteiger charge is 2.53. The van der Waals surface area contributed by atoms with Gasteiger partial charge in [-0.25, -0.2) is 4.79 Å². The van der Waals surface area contributed by atoms with Crippen LogP contribution in [0, 0.1) is 11.8 Å². The minimum atomic E-state index is -4.64. The van der Waals surface area contributed by atoms with E-state index < -0.39 is 43.1 Å². The first kappa shape index (κ1) is 18.5. The molecular formula is C13H21F3N2O4. The Hall–Kier alpha value is -1.51. The zero-order chi connectivity index (χ0) is 16.9. The van der Waals surface area contributed by atoms with E-state index >= 15 is 0 Å². The fourth-order valence-electron chi connectivity index (χ4n) is 2.49. The lowest BCUT2D eigenvalue weighted by molar-refractivity contribution is -0.187. The van der Waals surface area contributed by atoms with Crippen LogP contribution in [0.2, 0.25) is 0 Å². The van der Waals surface area contributed by atoms with Gasteiger partial charge in [0.25, 0.3) is 0 Å². The molecule has 1 unspecified atom stereocenters. The third-order valence-electron chi connectivity index (χ3n) is 3.77. The summed E-state index contributed by atoms with van der Waals surface area (Å²) in [7, 11) is 1.49. The number of likely N-dealkylation sites (tertiary alicyclic amines) is 1. The first-order valence-electron chi connectivity index (χ1n) is 7.05. The number of halogens is 3. The van der Waals surface area contributed by atoms with Crippen molar-refractivity contribution < 1.29 is 32.6 Å². The highest BCUT2D eigenvalue weighted by molar-refractivity contribution is 5.77. The molecule has 1 saturated heterocycles. The van der Waals surface area contributed by atoms with Crippen molar-refractivity contribution in [2.24, 2.45) is 11.8 Å². The lowest BCUT2D eigenvalue weighted by Crippen LogP contribution is -2.42. The van der Waals surface area contributed by atoms with Gasteiger partial charge in [0.2, 0.25) is 0 Å². The van der Waals surface area contributed by atoms with Crippen molar-refractivity contribution in [3.8, 4) is 0 Å². The van der Waals surface area contributed by atoms with Crippen molar-refractivity contribution in [2.75, 3.05) is 26.7 Å². The zero-order valence-electron chi connectivity index (χ0n) is 12.5. The molecule has 0 aromatic rings. The lowest BCUT2D eigenvalue weighted by Gasteiger charge is -2.20. The number of urea groups is 1. The molecule has 0 bridgehead atoms. The standard InChI is InChI=1S/C13H21F3N2O4/c1-3-4-8(22-2)5-17-12(21)18-6-9(11(19)20)10(7-18)13(14,15)16/h8-10H,3-7H2,1-2H3,(H,17,21)(H,19,20)/t8?,9-,10-/m1/s1. The molecule has 22 heavy (non-hydrogen) atoms. The molecule has 1 aliphatic rings. The van der Waals surface area contributed by atoms with Gasteiger partial charge in [-0.1, -0.05) is 13.3 Å². The third kappa shape index (κ3) is 4.75. The largest absolute Gasteiger partial charge is 0.481 e. The summed E-state index contributed by atoms with van der Waals surface area (Å²) < 4.78 is 43.6. The van der Waals surface area contributed by atoms with E-state index in [1.54, 1.807) is 0 Å². The highest BCUT2D eigenvalue weighted by Crippen LogP contribution is 2.37. The molecule has 1 fully saturated rings. The van der Waals surface area contributed by atoms with Crippen molar-refractivity contribution >= 4 is 12.0 Å². The number of aliphatic carboxylic acids is 1. The predicted octanol–water partition coefficient (Wildman–Crippen LogP) is 1.71. The average molecular weight is 326 g/mol. The molecule has 1 aliphatic heterocycles. The SMILES string of the molecule is CCCC(CNC(=O)N1C[C@@H](C(F)(F)F)[C@H](C(=O)O)C1)OC. The molecule has 0 aromatic carbocycles. The van der Waals surface area contributed by atoms with Crippen molar-refractivity contribution in [3.05, 3.63) is 0 Å². The third-order valence-corrected chi connectivity index (χ3v) is 3.77. The number of nitrogens with one attached hydrogen (secondary N) is 1. The minimum Gasteiger partial charge on any atom is -0.481 e. The Kier molecular flexibility index (Phi) is 6.46.